The lowest BCUT2D eigenvalue weighted by atomic mass is 9.69. The van der Waals surface area contributed by atoms with E-state index in [1.54, 1.807) is 31.6 Å². The fourth-order valence-electron chi connectivity index (χ4n) is 4.73. The molecule has 7 nitrogen and oxygen atoms in total. The number of pyridine rings is 2. The summed E-state index contributed by atoms with van der Waals surface area (Å²) in [7, 11) is 3.78. The van der Waals surface area contributed by atoms with Crippen LogP contribution in [0.1, 0.15) is 48.2 Å². The molecule has 0 saturated carbocycles. The van der Waals surface area contributed by atoms with Crippen molar-refractivity contribution in [1.82, 2.24) is 14.9 Å². The second-order valence-corrected chi connectivity index (χ2v) is 9.79. The molecule has 35 heavy (non-hydrogen) atoms. The highest BCUT2D eigenvalue weighted by molar-refractivity contribution is 6.07. The molecule has 1 amide bonds. The number of nitrogens with one attached hydrogen (secondary N) is 2. The molecule has 1 aliphatic heterocycles. The van der Waals surface area contributed by atoms with Gasteiger partial charge in [-0.1, -0.05) is 26.0 Å². The molecule has 1 aliphatic rings. The van der Waals surface area contributed by atoms with Gasteiger partial charge in [-0.25, -0.2) is 9.97 Å². The zero-order valence-corrected chi connectivity index (χ0v) is 21.0. The summed E-state index contributed by atoms with van der Waals surface area (Å²) >= 11 is 0. The van der Waals surface area contributed by atoms with E-state index in [1.807, 2.05) is 24.3 Å². The maximum Gasteiger partial charge on any atom is 0.259 e. The van der Waals surface area contributed by atoms with E-state index in [9.17, 15) is 4.79 Å². The lowest BCUT2D eigenvalue weighted by Crippen LogP contribution is -2.39. The predicted octanol–water partition coefficient (Wildman–Crippen LogP) is 4.97. The van der Waals surface area contributed by atoms with Crippen molar-refractivity contribution < 1.29 is 9.53 Å². The Morgan fingerprint density at radius 3 is 2.54 bits per heavy atom. The van der Waals surface area contributed by atoms with Gasteiger partial charge in [-0.3, -0.25) is 4.79 Å². The standard InChI is InChI=1S/C28H35N5O2/c1-28(2,22-12-16-33(3)17-13-22)21-7-9-23(10-8-21)32-27(34)24-6-5-14-30-26(24)31-19-20-11-15-29-25(18-20)35-4/h5-11,14-15,18,22H,12-13,16-17,19H2,1-4H3,(H,30,31)(H,32,34). The minimum atomic E-state index is -0.199. The van der Waals surface area contributed by atoms with Gasteiger partial charge in [0.25, 0.3) is 5.91 Å². The van der Waals surface area contributed by atoms with Crippen LogP contribution in [0, 0.1) is 5.92 Å². The number of hydrogen-bond acceptors (Lipinski definition) is 6. The maximum atomic E-state index is 13.1. The number of anilines is 2. The van der Waals surface area contributed by atoms with E-state index in [0.29, 0.717) is 29.7 Å². The molecule has 3 heterocycles. The van der Waals surface area contributed by atoms with Crippen LogP contribution in [0.25, 0.3) is 0 Å². The van der Waals surface area contributed by atoms with Crippen molar-refractivity contribution in [3.05, 3.63) is 77.6 Å². The van der Waals surface area contributed by atoms with Crippen LogP contribution >= 0.6 is 0 Å². The first-order chi connectivity index (χ1) is 16.9. The highest BCUT2D eigenvalue weighted by Gasteiger charge is 2.33. The maximum absolute atomic E-state index is 13.1. The number of aromatic nitrogens is 2. The Labute approximate surface area is 207 Å². The van der Waals surface area contributed by atoms with E-state index in [2.05, 4.69) is 58.5 Å². The molecule has 0 atom stereocenters. The van der Waals surface area contributed by atoms with Crippen molar-refractivity contribution in [2.75, 3.05) is 37.9 Å². The third-order valence-corrected chi connectivity index (χ3v) is 7.15. The van der Waals surface area contributed by atoms with Gasteiger partial charge in [-0.2, -0.15) is 0 Å². The number of benzene rings is 1. The summed E-state index contributed by atoms with van der Waals surface area (Å²) in [5.41, 5.74) is 3.65. The van der Waals surface area contributed by atoms with Crippen molar-refractivity contribution >= 4 is 17.4 Å². The van der Waals surface area contributed by atoms with Crippen LogP contribution in [0.4, 0.5) is 11.5 Å². The summed E-state index contributed by atoms with van der Waals surface area (Å²) in [5, 5.41) is 6.28. The van der Waals surface area contributed by atoms with Crippen LogP contribution in [-0.4, -0.2) is 48.0 Å². The van der Waals surface area contributed by atoms with E-state index in [1.165, 1.54) is 18.4 Å². The molecule has 1 saturated heterocycles. The van der Waals surface area contributed by atoms with E-state index in [0.717, 1.165) is 24.3 Å². The molecule has 2 N–H and O–H groups in total. The van der Waals surface area contributed by atoms with E-state index < -0.39 is 0 Å². The van der Waals surface area contributed by atoms with Crippen molar-refractivity contribution in [1.29, 1.82) is 0 Å². The smallest absolute Gasteiger partial charge is 0.259 e. The molecule has 1 fully saturated rings. The number of likely N-dealkylation sites (tertiary alicyclic amines) is 1. The average molecular weight is 474 g/mol. The Bertz CT molecular complexity index is 1140. The summed E-state index contributed by atoms with van der Waals surface area (Å²) in [6.45, 7) is 7.47. The number of carbonyl (C=O) groups is 1. The Morgan fingerprint density at radius 2 is 1.83 bits per heavy atom. The van der Waals surface area contributed by atoms with E-state index in [-0.39, 0.29) is 11.3 Å². The Kier molecular flexibility index (Phi) is 7.66. The number of rotatable bonds is 8. The van der Waals surface area contributed by atoms with E-state index in [4.69, 9.17) is 4.74 Å². The van der Waals surface area contributed by atoms with Gasteiger partial charge in [0.05, 0.1) is 12.7 Å². The van der Waals surface area contributed by atoms with Gasteiger partial charge in [0, 0.05) is 30.7 Å². The summed E-state index contributed by atoms with van der Waals surface area (Å²) in [5.74, 6) is 1.53. The second kappa shape index (κ2) is 10.9. The van der Waals surface area contributed by atoms with Crippen LogP contribution in [0.2, 0.25) is 0 Å². The Hall–Kier alpha value is -3.45. The molecule has 4 rings (SSSR count). The van der Waals surface area contributed by atoms with Crippen molar-refractivity contribution in [3.8, 4) is 5.88 Å². The van der Waals surface area contributed by atoms with Crippen LogP contribution in [0.15, 0.2) is 60.9 Å². The fourth-order valence-corrected chi connectivity index (χ4v) is 4.73. The van der Waals surface area contributed by atoms with E-state index >= 15 is 0 Å². The van der Waals surface area contributed by atoms with Gasteiger partial charge in [0.1, 0.15) is 5.82 Å². The molecule has 0 bridgehead atoms. The molecular formula is C28H35N5O2. The van der Waals surface area contributed by atoms with Crippen molar-refractivity contribution in [2.24, 2.45) is 5.92 Å². The van der Waals surface area contributed by atoms with Crippen molar-refractivity contribution in [3.63, 3.8) is 0 Å². The summed E-state index contributed by atoms with van der Waals surface area (Å²) in [6, 6.07) is 15.6. The fraction of sp³-hybridized carbons (Fsp3) is 0.393. The third kappa shape index (κ3) is 5.98. The van der Waals surface area contributed by atoms with Gasteiger partial charge >= 0.3 is 0 Å². The number of nitrogens with zero attached hydrogens (tertiary/aromatic N) is 3. The first-order valence-electron chi connectivity index (χ1n) is 12.1. The van der Waals surface area contributed by atoms with Gasteiger partial charge in [-0.05, 0) is 85.8 Å². The molecule has 0 unspecified atom stereocenters. The quantitative estimate of drug-likeness (QED) is 0.481. The molecule has 184 valence electrons. The average Bonchev–Trinajstić information content (AvgIpc) is 2.88. The molecule has 3 aromatic rings. The molecule has 0 aliphatic carbocycles. The van der Waals surface area contributed by atoms with Crippen LogP contribution in [0.5, 0.6) is 5.88 Å². The first-order valence-corrected chi connectivity index (χ1v) is 12.1. The molecule has 0 spiro atoms. The number of carbonyl (C=O) groups excluding carboxylic acids is 1. The van der Waals surface area contributed by atoms with Gasteiger partial charge in [0.2, 0.25) is 5.88 Å². The SMILES string of the molecule is COc1cc(CNc2ncccc2C(=O)Nc2ccc(C(C)(C)C3CCN(C)CC3)cc2)ccn1. The highest BCUT2D eigenvalue weighted by Crippen LogP contribution is 2.38. The first kappa shape index (κ1) is 24.7. The number of amides is 1. The Morgan fingerprint density at radius 1 is 1.09 bits per heavy atom. The monoisotopic (exact) mass is 473 g/mol. The van der Waals surface area contributed by atoms with Crippen LogP contribution in [0.3, 0.4) is 0 Å². The Balaban J connectivity index is 1.41. The second-order valence-electron chi connectivity index (χ2n) is 9.79. The summed E-state index contributed by atoms with van der Waals surface area (Å²) in [4.78, 5) is 24.0. The minimum absolute atomic E-state index is 0.0971. The van der Waals surface area contributed by atoms with Crippen LogP contribution < -0.4 is 15.4 Å². The van der Waals surface area contributed by atoms with Gasteiger partial charge in [-0.15, -0.1) is 0 Å². The summed E-state index contributed by atoms with van der Waals surface area (Å²) in [6.07, 6.45) is 5.79. The molecular weight excluding hydrogens is 438 g/mol. The highest BCUT2D eigenvalue weighted by atomic mass is 16.5. The summed E-state index contributed by atoms with van der Waals surface area (Å²) < 4.78 is 5.18. The molecule has 1 aromatic carbocycles. The third-order valence-electron chi connectivity index (χ3n) is 7.15. The topological polar surface area (TPSA) is 79.4 Å². The van der Waals surface area contributed by atoms with Crippen molar-refractivity contribution in [2.45, 2.75) is 38.6 Å². The zero-order chi connectivity index (χ0) is 24.8. The number of ether oxygens (including phenoxy) is 1. The zero-order valence-electron chi connectivity index (χ0n) is 21.0. The molecule has 2 aromatic heterocycles. The lowest BCUT2D eigenvalue weighted by Gasteiger charge is -2.40. The molecule has 7 heteroatoms. The molecule has 0 radical (unpaired) electrons. The minimum Gasteiger partial charge on any atom is -0.481 e. The van der Waals surface area contributed by atoms with Gasteiger partial charge in [0.15, 0.2) is 0 Å². The number of piperidine rings is 1. The lowest BCUT2D eigenvalue weighted by molar-refractivity contribution is 0.102. The predicted molar refractivity (Wildman–Crippen MR) is 140 cm³/mol. The van der Waals surface area contributed by atoms with Crippen LogP contribution in [-0.2, 0) is 12.0 Å². The number of hydrogen-bond donors (Lipinski definition) is 2. The number of methoxy groups -OCH3 is 1. The largest absolute Gasteiger partial charge is 0.481 e. The normalized spacial score (nSPS) is 15.0. The van der Waals surface area contributed by atoms with Gasteiger partial charge < -0.3 is 20.3 Å².